The molecule has 2 rings (SSSR count). The number of aromatic nitrogens is 1. The number of nitrogens with one attached hydrogen (secondary N) is 1. The fourth-order valence-electron chi connectivity index (χ4n) is 1.66. The number of nitrogens with zero attached hydrogens (tertiary/aromatic N) is 1. The van der Waals surface area contributed by atoms with Crippen molar-refractivity contribution in [2.24, 2.45) is 0 Å². The molecule has 2 aromatic rings. The number of hydrogen-bond acceptors (Lipinski definition) is 3. The summed E-state index contributed by atoms with van der Waals surface area (Å²) in [5.41, 5.74) is 2.01. The Morgan fingerprint density at radius 1 is 1.11 bits per heavy atom. The monoisotopic (exact) mass is 262 g/mol. The molecule has 94 valence electrons. The number of benzene rings is 1. The SMILES string of the molecule is OC(CNCc1ccc(Cl)cc1)c1ccncc1. The Hall–Kier alpha value is -1.42. The summed E-state index contributed by atoms with van der Waals surface area (Å²) in [4.78, 5) is 3.92. The van der Waals surface area contributed by atoms with Gasteiger partial charge in [-0.2, -0.15) is 0 Å². The van der Waals surface area contributed by atoms with E-state index in [1.54, 1.807) is 12.4 Å². The highest BCUT2D eigenvalue weighted by molar-refractivity contribution is 6.30. The minimum atomic E-state index is -0.514. The molecule has 0 fully saturated rings. The van der Waals surface area contributed by atoms with E-state index >= 15 is 0 Å². The second kappa shape index (κ2) is 6.50. The van der Waals surface area contributed by atoms with E-state index in [4.69, 9.17) is 11.6 Å². The summed E-state index contributed by atoms with van der Waals surface area (Å²) in [5, 5.41) is 13.9. The Morgan fingerprint density at radius 3 is 2.44 bits per heavy atom. The summed E-state index contributed by atoms with van der Waals surface area (Å²) in [6.07, 6.45) is 2.84. The predicted octanol–water partition coefficient (Wildman–Crippen LogP) is 2.56. The minimum Gasteiger partial charge on any atom is -0.387 e. The van der Waals surface area contributed by atoms with Gasteiger partial charge in [0.25, 0.3) is 0 Å². The molecule has 0 aliphatic rings. The first kappa shape index (κ1) is 13.0. The maximum absolute atomic E-state index is 9.93. The second-order valence-electron chi connectivity index (χ2n) is 4.05. The summed E-state index contributed by atoms with van der Waals surface area (Å²) >= 11 is 5.81. The Morgan fingerprint density at radius 2 is 1.78 bits per heavy atom. The lowest BCUT2D eigenvalue weighted by molar-refractivity contribution is 0.174. The standard InChI is InChI=1S/C14H15ClN2O/c15-13-3-1-11(2-4-13)9-17-10-14(18)12-5-7-16-8-6-12/h1-8,14,17-18H,9-10H2. The minimum absolute atomic E-state index is 0.507. The van der Waals surface area contributed by atoms with Crippen molar-refractivity contribution < 1.29 is 5.11 Å². The van der Waals surface area contributed by atoms with Gasteiger partial charge in [-0.05, 0) is 35.4 Å². The van der Waals surface area contributed by atoms with Crippen molar-refractivity contribution in [3.05, 3.63) is 64.9 Å². The molecule has 0 saturated heterocycles. The summed E-state index contributed by atoms with van der Waals surface area (Å²) in [6, 6.07) is 11.3. The molecule has 1 atom stereocenters. The molecule has 1 aromatic heterocycles. The topological polar surface area (TPSA) is 45.1 Å². The number of aliphatic hydroxyl groups excluding tert-OH is 1. The highest BCUT2D eigenvalue weighted by atomic mass is 35.5. The molecule has 1 heterocycles. The largest absolute Gasteiger partial charge is 0.387 e. The van der Waals surface area contributed by atoms with Crippen LogP contribution in [0, 0.1) is 0 Å². The van der Waals surface area contributed by atoms with Gasteiger partial charge in [0.1, 0.15) is 0 Å². The molecule has 0 aliphatic heterocycles. The molecule has 0 aliphatic carbocycles. The molecule has 0 spiro atoms. The zero-order chi connectivity index (χ0) is 12.8. The molecular weight excluding hydrogens is 248 g/mol. The molecular formula is C14H15ClN2O. The lowest BCUT2D eigenvalue weighted by Gasteiger charge is -2.12. The van der Waals surface area contributed by atoms with Gasteiger partial charge in [-0.15, -0.1) is 0 Å². The third kappa shape index (κ3) is 3.81. The molecule has 2 N–H and O–H groups in total. The maximum atomic E-state index is 9.93. The van der Waals surface area contributed by atoms with E-state index in [0.29, 0.717) is 13.1 Å². The quantitative estimate of drug-likeness (QED) is 0.871. The van der Waals surface area contributed by atoms with E-state index in [2.05, 4.69) is 10.3 Å². The van der Waals surface area contributed by atoms with Crippen molar-refractivity contribution in [1.29, 1.82) is 0 Å². The van der Waals surface area contributed by atoms with Crippen LogP contribution in [0.1, 0.15) is 17.2 Å². The van der Waals surface area contributed by atoms with Gasteiger partial charge in [-0.1, -0.05) is 23.7 Å². The molecule has 3 nitrogen and oxygen atoms in total. The first-order valence-electron chi connectivity index (χ1n) is 5.79. The van der Waals surface area contributed by atoms with Gasteiger partial charge in [0, 0.05) is 30.5 Å². The van der Waals surface area contributed by atoms with Crippen LogP contribution in [0.5, 0.6) is 0 Å². The number of pyridine rings is 1. The van der Waals surface area contributed by atoms with Crippen LogP contribution < -0.4 is 5.32 Å². The van der Waals surface area contributed by atoms with Crippen LogP contribution in [-0.4, -0.2) is 16.6 Å². The van der Waals surface area contributed by atoms with Gasteiger partial charge < -0.3 is 10.4 Å². The molecule has 0 bridgehead atoms. The van der Waals surface area contributed by atoms with E-state index in [1.165, 1.54) is 0 Å². The summed E-state index contributed by atoms with van der Waals surface area (Å²) in [7, 11) is 0. The lowest BCUT2D eigenvalue weighted by Crippen LogP contribution is -2.21. The smallest absolute Gasteiger partial charge is 0.0915 e. The molecule has 0 saturated carbocycles. The van der Waals surface area contributed by atoms with Gasteiger partial charge >= 0.3 is 0 Å². The first-order chi connectivity index (χ1) is 8.75. The van der Waals surface area contributed by atoms with Crippen molar-refractivity contribution in [3.8, 4) is 0 Å². The van der Waals surface area contributed by atoms with Crippen LogP contribution in [0.3, 0.4) is 0 Å². The molecule has 1 unspecified atom stereocenters. The van der Waals surface area contributed by atoms with Gasteiger partial charge in [0.05, 0.1) is 6.10 Å². The third-order valence-electron chi connectivity index (χ3n) is 2.67. The molecule has 1 aromatic carbocycles. The average molecular weight is 263 g/mol. The summed E-state index contributed by atoms with van der Waals surface area (Å²) in [5.74, 6) is 0. The fourth-order valence-corrected chi connectivity index (χ4v) is 1.78. The van der Waals surface area contributed by atoms with Crippen LogP contribution in [0.4, 0.5) is 0 Å². The Balaban J connectivity index is 1.80. The third-order valence-corrected chi connectivity index (χ3v) is 2.92. The number of aliphatic hydroxyl groups is 1. The second-order valence-corrected chi connectivity index (χ2v) is 4.49. The van der Waals surface area contributed by atoms with E-state index in [9.17, 15) is 5.11 Å². The van der Waals surface area contributed by atoms with Gasteiger partial charge in [0.2, 0.25) is 0 Å². The fraction of sp³-hybridized carbons (Fsp3) is 0.214. The van der Waals surface area contributed by atoms with Crippen LogP contribution in [0.2, 0.25) is 5.02 Å². The Bertz CT molecular complexity index is 473. The van der Waals surface area contributed by atoms with Crippen molar-refractivity contribution in [2.75, 3.05) is 6.54 Å². The number of rotatable bonds is 5. The predicted molar refractivity (Wildman–Crippen MR) is 72.4 cm³/mol. The maximum Gasteiger partial charge on any atom is 0.0915 e. The number of halogens is 1. The average Bonchev–Trinajstić information content (AvgIpc) is 2.42. The lowest BCUT2D eigenvalue weighted by atomic mass is 10.1. The Kier molecular flexibility index (Phi) is 4.70. The molecule has 0 amide bonds. The van der Waals surface area contributed by atoms with Crippen LogP contribution in [0.15, 0.2) is 48.8 Å². The van der Waals surface area contributed by atoms with E-state index in [0.717, 1.165) is 16.1 Å². The van der Waals surface area contributed by atoms with Crippen LogP contribution in [-0.2, 0) is 6.54 Å². The van der Waals surface area contributed by atoms with Crippen molar-refractivity contribution >= 4 is 11.6 Å². The van der Waals surface area contributed by atoms with E-state index < -0.39 is 6.10 Å². The number of hydrogen-bond donors (Lipinski definition) is 2. The molecule has 4 heteroatoms. The Labute approximate surface area is 111 Å². The van der Waals surface area contributed by atoms with E-state index in [-0.39, 0.29) is 0 Å². The van der Waals surface area contributed by atoms with Gasteiger partial charge in [-0.25, -0.2) is 0 Å². The zero-order valence-corrected chi connectivity index (χ0v) is 10.6. The summed E-state index contributed by atoms with van der Waals surface area (Å²) < 4.78 is 0. The van der Waals surface area contributed by atoms with Crippen molar-refractivity contribution in [3.63, 3.8) is 0 Å². The van der Waals surface area contributed by atoms with Crippen LogP contribution in [0.25, 0.3) is 0 Å². The van der Waals surface area contributed by atoms with E-state index in [1.807, 2.05) is 36.4 Å². The molecule has 0 radical (unpaired) electrons. The zero-order valence-electron chi connectivity index (χ0n) is 9.88. The highest BCUT2D eigenvalue weighted by Crippen LogP contribution is 2.11. The summed E-state index contributed by atoms with van der Waals surface area (Å²) in [6.45, 7) is 1.21. The first-order valence-corrected chi connectivity index (χ1v) is 6.16. The highest BCUT2D eigenvalue weighted by Gasteiger charge is 2.05. The van der Waals surface area contributed by atoms with Crippen LogP contribution >= 0.6 is 11.6 Å². The van der Waals surface area contributed by atoms with Crippen molar-refractivity contribution in [1.82, 2.24) is 10.3 Å². The normalized spacial score (nSPS) is 12.3. The van der Waals surface area contributed by atoms with Crippen molar-refractivity contribution in [2.45, 2.75) is 12.6 Å². The van der Waals surface area contributed by atoms with Gasteiger partial charge in [-0.3, -0.25) is 4.98 Å². The van der Waals surface area contributed by atoms with Gasteiger partial charge in [0.15, 0.2) is 0 Å². The molecule has 18 heavy (non-hydrogen) atoms.